The molecule has 5 heteroatoms. The Morgan fingerprint density at radius 1 is 1.50 bits per heavy atom. The van der Waals surface area contributed by atoms with Crippen molar-refractivity contribution in [3.05, 3.63) is 17.8 Å². The van der Waals surface area contributed by atoms with Crippen molar-refractivity contribution in [1.82, 2.24) is 4.98 Å². The van der Waals surface area contributed by atoms with Crippen LogP contribution in [0.4, 0.5) is 0 Å². The van der Waals surface area contributed by atoms with Crippen LogP contribution in [0.2, 0.25) is 0 Å². The monoisotopic (exact) mass is 225 g/mol. The lowest BCUT2D eigenvalue weighted by Gasteiger charge is -2.19. The van der Waals surface area contributed by atoms with E-state index in [0.717, 1.165) is 31.8 Å². The maximum absolute atomic E-state index is 10.4. The van der Waals surface area contributed by atoms with Gasteiger partial charge >= 0.3 is 5.97 Å². The summed E-state index contributed by atoms with van der Waals surface area (Å²) in [5, 5.41) is 8.54. The molecule has 0 saturated carbocycles. The third-order valence-electron chi connectivity index (χ3n) is 2.75. The molecule has 0 atom stereocenters. The van der Waals surface area contributed by atoms with Crippen LogP contribution in [0.3, 0.4) is 0 Å². The number of aryl methyl sites for hydroxylation is 1. The Bertz CT molecular complexity index is 355. The summed E-state index contributed by atoms with van der Waals surface area (Å²) >= 11 is 0. The number of rotatable bonds is 4. The minimum Gasteiger partial charge on any atom is -0.481 e. The van der Waals surface area contributed by atoms with Gasteiger partial charge in [0.1, 0.15) is 5.76 Å². The Hall–Kier alpha value is -1.36. The summed E-state index contributed by atoms with van der Waals surface area (Å²) in [6.07, 6.45) is 4.04. The van der Waals surface area contributed by atoms with Crippen LogP contribution >= 0.6 is 0 Å². The lowest BCUT2D eigenvalue weighted by Crippen LogP contribution is -2.13. The van der Waals surface area contributed by atoms with Crippen LogP contribution in [0.15, 0.2) is 10.6 Å². The molecule has 0 unspecified atom stereocenters. The maximum atomic E-state index is 10.4. The predicted octanol–water partition coefficient (Wildman–Crippen LogP) is 1.59. The van der Waals surface area contributed by atoms with Crippen LogP contribution in [0.1, 0.15) is 36.8 Å². The molecule has 0 bridgehead atoms. The van der Waals surface area contributed by atoms with Gasteiger partial charge in [-0.1, -0.05) is 0 Å². The van der Waals surface area contributed by atoms with Gasteiger partial charge in [0.15, 0.2) is 5.89 Å². The second-order valence-electron chi connectivity index (χ2n) is 3.94. The molecule has 1 aromatic heterocycles. The molecule has 1 saturated heterocycles. The smallest absolute Gasteiger partial charge is 0.303 e. The van der Waals surface area contributed by atoms with Gasteiger partial charge in [-0.25, -0.2) is 4.98 Å². The number of nitrogens with zero attached hydrogens (tertiary/aromatic N) is 1. The third-order valence-corrected chi connectivity index (χ3v) is 2.75. The SMILES string of the molecule is O=C(O)CCc1ncc(C2CCOCC2)o1. The van der Waals surface area contributed by atoms with E-state index < -0.39 is 5.97 Å². The summed E-state index contributed by atoms with van der Waals surface area (Å²) in [6.45, 7) is 1.52. The quantitative estimate of drug-likeness (QED) is 0.842. The highest BCUT2D eigenvalue weighted by molar-refractivity contribution is 5.66. The number of carbonyl (C=O) groups is 1. The van der Waals surface area contributed by atoms with Crippen molar-refractivity contribution in [2.24, 2.45) is 0 Å². The fraction of sp³-hybridized carbons (Fsp3) is 0.636. The van der Waals surface area contributed by atoms with E-state index in [4.69, 9.17) is 14.3 Å². The van der Waals surface area contributed by atoms with Crippen LogP contribution in [0.25, 0.3) is 0 Å². The van der Waals surface area contributed by atoms with Gasteiger partial charge in [-0.15, -0.1) is 0 Å². The van der Waals surface area contributed by atoms with E-state index in [1.54, 1.807) is 6.20 Å². The molecule has 2 rings (SSSR count). The molecule has 0 aromatic carbocycles. The molecular weight excluding hydrogens is 210 g/mol. The molecule has 16 heavy (non-hydrogen) atoms. The highest BCUT2D eigenvalue weighted by atomic mass is 16.5. The fourth-order valence-corrected chi connectivity index (χ4v) is 1.82. The first-order valence-corrected chi connectivity index (χ1v) is 5.50. The normalized spacial score (nSPS) is 17.5. The zero-order valence-corrected chi connectivity index (χ0v) is 9.02. The summed E-state index contributed by atoms with van der Waals surface area (Å²) in [4.78, 5) is 14.5. The Morgan fingerprint density at radius 3 is 2.94 bits per heavy atom. The van der Waals surface area contributed by atoms with Crippen LogP contribution in [-0.4, -0.2) is 29.3 Å². The Labute approximate surface area is 93.4 Å². The molecule has 1 aliphatic heterocycles. The number of aliphatic carboxylic acids is 1. The number of oxazole rings is 1. The number of ether oxygens (including phenoxy) is 1. The standard InChI is InChI=1S/C11H15NO4/c13-11(14)2-1-10-12-7-9(16-10)8-3-5-15-6-4-8/h7-8H,1-6H2,(H,13,14). The first-order valence-electron chi connectivity index (χ1n) is 5.50. The van der Waals surface area contributed by atoms with Crippen molar-refractivity contribution in [2.75, 3.05) is 13.2 Å². The fourth-order valence-electron chi connectivity index (χ4n) is 1.82. The van der Waals surface area contributed by atoms with Crippen LogP contribution in [-0.2, 0) is 16.0 Å². The van der Waals surface area contributed by atoms with Gasteiger partial charge in [-0.2, -0.15) is 0 Å². The average Bonchev–Trinajstić information content (AvgIpc) is 2.76. The van der Waals surface area contributed by atoms with Crippen molar-refractivity contribution in [1.29, 1.82) is 0 Å². The van der Waals surface area contributed by atoms with Crippen LogP contribution in [0.5, 0.6) is 0 Å². The van der Waals surface area contributed by atoms with Crippen molar-refractivity contribution < 1.29 is 19.1 Å². The van der Waals surface area contributed by atoms with Gasteiger partial charge < -0.3 is 14.3 Å². The van der Waals surface area contributed by atoms with Crippen molar-refractivity contribution >= 4 is 5.97 Å². The number of carboxylic acid groups (broad SMARTS) is 1. The van der Waals surface area contributed by atoms with E-state index in [1.165, 1.54) is 0 Å². The van der Waals surface area contributed by atoms with E-state index in [0.29, 0.717) is 18.2 Å². The average molecular weight is 225 g/mol. The highest BCUT2D eigenvalue weighted by Gasteiger charge is 2.19. The van der Waals surface area contributed by atoms with Gasteiger partial charge in [0, 0.05) is 25.6 Å². The van der Waals surface area contributed by atoms with E-state index >= 15 is 0 Å². The number of aromatic nitrogens is 1. The number of hydrogen-bond acceptors (Lipinski definition) is 4. The molecule has 2 heterocycles. The molecule has 0 amide bonds. The zero-order valence-electron chi connectivity index (χ0n) is 9.02. The molecule has 0 spiro atoms. The first-order chi connectivity index (χ1) is 7.75. The molecule has 88 valence electrons. The van der Waals surface area contributed by atoms with Crippen molar-refractivity contribution in [2.45, 2.75) is 31.6 Å². The van der Waals surface area contributed by atoms with E-state index in [2.05, 4.69) is 4.98 Å². The number of carboxylic acids is 1. The molecule has 1 fully saturated rings. The minimum atomic E-state index is -0.828. The first kappa shape index (κ1) is 11.1. The van der Waals surface area contributed by atoms with Crippen LogP contribution < -0.4 is 0 Å². The predicted molar refractivity (Wildman–Crippen MR) is 55.3 cm³/mol. The summed E-state index contributed by atoms with van der Waals surface area (Å²) in [5.41, 5.74) is 0. The second kappa shape index (κ2) is 5.12. The van der Waals surface area contributed by atoms with Crippen molar-refractivity contribution in [3.8, 4) is 0 Å². The summed E-state index contributed by atoms with van der Waals surface area (Å²) in [7, 11) is 0. The Balaban J connectivity index is 1.93. The highest BCUT2D eigenvalue weighted by Crippen LogP contribution is 2.27. The molecule has 1 N–H and O–H groups in total. The maximum Gasteiger partial charge on any atom is 0.303 e. The van der Waals surface area contributed by atoms with Gasteiger partial charge in [-0.3, -0.25) is 4.79 Å². The topological polar surface area (TPSA) is 72.6 Å². The van der Waals surface area contributed by atoms with E-state index in [-0.39, 0.29) is 6.42 Å². The number of hydrogen-bond donors (Lipinski definition) is 1. The Morgan fingerprint density at radius 2 is 2.25 bits per heavy atom. The summed E-state index contributed by atoms with van der Waals surface area (Å²) in [6, 6.07) is 0. The molecule has 1 aromatic rings. The summed E-state index contributed by atoms with van der Waals surface area (Å²) in [5.74, 6) is 0.929. The van der Waals surface area contributed by atoms with Crippen molar-refractivity contribution in [3.63, 3.8) is 0 Å². The lowest BCUT2D eigenvalue weighted by atomic mass is 9.98. The molecule has 0 aliphatic carbocycles. The second-order valence-corrected chi connectivity index (χ2v) is 3.94. The zero-order chi connectivity index (χ0) is 11.4. The lowest BCUT2D eigenvalue weighted by molar-refractivity contribution is -0.137. The van der Waals surface area contributed by atoms with Gasteiger partial charge in [0.2, 0.25) is 0 Å². The largest absolute Gasteiger partial charge is 0.481 e. The van der Waals surface area contributed by atoms with Crippen LogP contribution in [0, 0.1) is 0 Å². The van der Waals surface area contributed by atoms with Gasteiger partial charge in [0.25, 0.3) is 0 Å². The molecule has 5 nitrogen and oxygen atoms in total. The van der Waals surface area contributed by atoms with E-state index in [1.807, 2.05) is 0 Å². The van der Waals surface area contributed by atoms with E-state index in [9.17, 15) is 4.79 Å². The van der Waals surface area contributed by atoms with Gasteiger partial charge in [-0.05, 0) is 12.8 Å². The molecular formula is C11H15NO4. The summed E-state index contributed by atoms with van der Waals surface area (Å²) < 4.78 is 10.8. The minimum absolute atomic E-state index is 0.0632. The van der Waals surface area contributed by atoms with Gasteiger partial charge in [0.05, 0.1) is 12.6 Å². The Kier molecular flexibility index (Phi) is 3.56. The molecule has 1 aliphatic rings. The molecule has 0 radical (unpaired) electrons. The third kappa shape index (κ3) is 2.82.